The molecule has 8 nitrogen and oxygen atoms in total. The lowest BCUT2D eigenvalue weighted by atomic mass is 10.1. The summed E-state index contributed by atoms with van der Waals surface area (Å²) < 4.78 is 5.38. The predicted octanol–water partition coefficient (Wildman–Crippen LogP) is 0.879. The minimum absolute atomic E-state index is 0.0595. The largest absolute Gasteiger partial charge is 0.478 e. The summed E-state index contributed by atoms with van der Waals surface area (Å²) in [7, 11) is 0. The lowest BCUT2D eigenvalue weighted by molar-refractivity contribution is -0.384. The first-order valence-electron chi connectivity index (χ1n) is 6.45. The van der Waals surface area contributed by atoms with Crippen LogP contribution in [-0.4, -0.2) is 53.0 Å². The molecule has 2 N–H and O–H groups in total. The van der Waals surface area contributed by atoms with Crippen LogP contribution in [0.5, 0.6) is 0 Å². The number of nitro groups is 1. The third-order valence-corrected chi connectivity index (χ3v) is 3.44. The zero-order chi connectivity index (χ0) is 15.6. The maximum Gasteiger partial charge on any atom is 0.338 e. The molecule has 0 bridgehead atoms. The van der Waals surface area contributed by atoms with Crippen molar-refractivity contribution in [2.24, 2.45) is 0 Å². The lowest BCUT2D eigenvalue weighted by Crippen LogP contribution is -2.50. The van der Waals surface area contributed by atoms with E-state index in [1.54, 1.807) is 11.8 Å². The monoisotopic (exact) mass is 296 g/mol. The Hall–Kier alpha value is -2.19. The van der Waals surface area contributed by atoms with Gasteiger partial charge >= 0.3 is 5.97 Å². The molecule has 0 amide bonds. The van der Waals surface area contributed by atoms with Gasteiger partial charge < -0.3 is 19.8 Å². The Bertz CT molecular complexity index is 529. The Balaban J connectivity index is 2.54. The quantitative estimate of drug-likeness (QED) is 0.626. The number of hydrogen-bond donors (Lipinski definition) is 2. The zero-order valence-electron chi connectivity index (χ0n) is 11.4. The SMILES string of the molecule is CC1COC(CO)CN1c1c(C(=O)O)cccc1[N+](=O)[O-]. The van der Waals surface area contributed by atoms with Gasteiger partial charge in [-0.3, -0.25) is 10.1 Å². The number of benzene rings is 1. The number of nitrogens with zero attached hydrogens (tertiary/aromatic N) is 2. The molecule has 1 fully saturated rings. The van der Waals surface area contributed by atoms with E-state index in [2.05, 4.69) is 0 Å². The number of ether oxygens (including phenoxy) is 1. The average molecular weight is 296 g/mol. The Morgan fingerprint density at radius 3 is 2.86 bits per heavy atom. The van der Waals surface area contributed by atoms with Crippen molar-refractivity contribution in [3.05, 3.63) is 33.9 Å². The maximum atomic E-state index is 11.4. The van der Waals surface area contributed by atoms with Crippen molar-refractivity contribution in [1.82, 2.24) is 0 Å². The highest BCUT2D eigenvalue weighted by atomic mass is 16.6. The van der Waals surface area contributed by atoms with Gasteiger partial charge in [-0.1, -0.05) is 6.07 Å². The van der Waals surface area contributed by atoms with Crippen LogP contribution in [0.3, 0.4) is 0 Å². The smallest absolute Gasteiger partial charge is 0.338 e. The van der Waals surface area contributed by atoms with Crippen LogP contribution in [0.25, 0.3) is 0 Å². The van der Waals surface area contributed by atoms with Crippen molar-refractivity contribution >= 4 is 17.3 Å². The maximum absolute atomic E-state index is 11.4. The molecule has 1 aliphatic heterocycles. The predicted molar refractivity (Wildman–Crippen MR) is 73.7 cm³/mol. The van der Waals surface area contributed by atoms with E-state index in [9.17, 15) is 25.1 Å². The lowest BCUT2D eigenvalue weighted by Gasteiger charge is -2.39. The number of aromatic carboxylic acids is 1. The number of aliphatic hydroxyl groups excluding tert-OH is 1. The van der Waals surface area contributed by atoms with Gasteiger partial charge in [0.2, 0.25) is 0 Å². The number of para-hydroxylation sites is 1. The molecule has 1 saturated heterocycles. The summed E-state index contributed by atoms with van der Waals surface area (Å²) in [5.41, 5.74) is -0.334. The molecular formula is C13H16N2O6. The first-order valence-corrected chi connectivity index (χ1v) is 6.45. The third-order valence-electron chi connectivity index (χ3n) is 3.44. The van der Waals surface area contributed by atoms with Gasteiger partial charge in [-0.25, -0.2) is 4.79 Å². The molecule has 114 valence electrons. The molecule has 1 aromatic rings. The molecule has 0 aliphatic carbocycles. The first kappa shape index (κ1) is 15.2. The topological polar surface area (TPSA) is 113 Å². The Labute approximate surface area is 120 Å². The van der Waals surface area contributed by atoms with Crippen molar-refractivity contribution in [3.8, 4) is 0 Å². The van der Waals surface area contributed by atoms with E-state index >= 15 is 0 Å². The normalized spacial score (nSPS) is 22.1. The van der Waals surface area contributed by atoms with Gasteiger partial charge in [-0.2, -0.15) is 0 Å². The second-order valence-corrected chi connectivity index (χ2v) is 4.87. The van der Waals surface area contributed by atoms with E-state index in [1.165, 1.54) is 18.2 Å². The van der Waals surface area contributed by atoms with Crippen molar-refractivity contribution in [2.45, 2.75) is 19.1 Å². The van der Waals surface area contributed by atoms with E-state index in [1.807, 2.05) is 0 Å². The molecule has 21 heavy (non-hydrogen) atoms. The Morgan fingerprint density at radius 2 is 2.29 bits per heavy atom. The van der Waals surface area contributed by atoms with Gasteiger partial charge in [0.05, 0.1) is 29.8 Å². The number of nitro benzene ring substituents is 1. The molecule has 1 aromatic carbocycles. The molecule has 2 rings (SSSR count). The molecule has 0 radical (unpaired) electrons. The number of aliphatic hydroxyl groups is 1. The number of carboxylic acids is 1. The second kappa shape index (κ2) is 6.06. The number of carboxylic acid groups (broad SMARTS) is 1. The van der Waals surface area contributed by atoms with E-state index in [4.69, 9.17) is 4.74 Å². The molecule has 2 atom stereocenters. The molecule has 0 spiro atoms. The van der Waals surface area contributed by atoms with Gasteiger partial charge in [-0.15, -0.1) is 0 Å². The average Bonchev–Trinajstić information content (AvgIpc) is 2.46. The number of carbonyl (C=O) groups is 1. The van der Waals surface area contributed by atoms with Crippen LogP contribution in [-0.2, 0) is 4.74 Å². The Morgan fingerprint density at radius 1 is 1.57 bits per heavy atom. The van der Waals surface area contributed by atoms with E-state index < -0.39 is 17.0 Å². The number of morpholine rings is 1. The summed E-state index contributed by atoms with van der Waals surface area (Å²) in [5, 5.41) is 29.7. The number of hydrogen-bond acceptors (Lipinski definition) is 6. The molecular weight excluding hydrogens is 280 g/mol. The van der Waals surface area contributed by atoms with Crippen LogP contribution in [0.1, 0.15) is 17.3 Å². The minimum atomic E-state index is -1.23. The van der Waals surface area contributed by atoms with Crippen molar-refractivity contribution in [1.29, 1.82) is 0 Å². The van der Waals surface area contributed by atoms with E-state index in [-0.39, 0.29) is 42.7 Å². The molecule has 0 aromatic heterocycles. The summed E-state index contributed by atoms with van der Waals surface area (Å²) in [6.45, 7) is 2.02. The highest BCUT2D eigenvalue weighted by molar-refractivity contribution is 5.97. The number of anilines is 1. The molecule has 1 heterocycles. The molecule has 8 heteroatoms. The van der Waals surface area contributed by atoms with Crippen LogP contribution < -0.4 is 4.90 Å². The molecule has 0 saturated carbocycles. The minimum Gasteiger partial charge on any atom is -0.478 e. The van der Waals surface area contributed by atoms with Gasteiger partial charge in [0.25, 0.3) is 5.69 Å². The summed E-state index contributed by atoms with van der Waals surface area (Å²) >= 11 is 0. The van der Waals surface area contributed by atoms with Crippen LogP contribution >= 0.6 is 0 Å². The highest BCUT2D eigenvalue weighted by Crippen LogP contribution is 2.35. The van der Waals surface area contributed by atoms with Gasteiger partial charge in [0.1, 0.15) is 5.69 Å². The van der Waals surface area contributed by atoms with Gasteiger partial charge in [-0.05, 0) is 13.0 Å². The highest BCUT2D eigenvalue weighted by Gasteiger charge is 2.33. The van der Waals surface area contributed by atoms with Crippen LogP contribution in [0.15, 0.2) is 18.2 Å². The van der Waals surface area contributed by atoms with Crippen LogP contribution in [0, 0.1) is 10.1 Å². The molecule has 1 aliphatic rings. The second-order valence-electron chi connectivity index (χ2n) is 4.87. The van der Waals surface area contributed by atoms with E-state index in [0.29, 0.717) is 0 Å². The number of rotatable bonds is 4. The zero-order valence-corrected chi connectivity index (χ0v) is 11.4. The standard InChI is InChI=1S/C13H16N2O6/c1-8-7-21-9(6-16)5-14(8)12-10(13(17)18)3-2-4-11(12)15(19)20/h2-4,8-9,16H,5-7H2,1H3,(H,17,18). The van der Waals surface area contributed by atoms with Gasteiger partial charge in [0, 0.05) is 18.7 Å². The fraction of sp³-hybridized carbons (Fsp3) is 0.462. The summed E-state index contributed by atoms with van der Waals surface area (Å²) in [6, 6.07) is 3.73. The third kappa shape index (κ3) is 2.96. The summed E-state index contributed by atoms with van der Waals surface area (Å²) in [5.74, 6) is -1.23. The first-order chi connectivity index (χ1) is 9.95. The van der Waals surface area contributed by atoms with Crippen molar-refractivity contribution < 1.29 is 24.7 Å². The van der Waals surface area contributed by atoms with Crippen LogP contribution in [0.4, 0.5) is 11.4 Å². The van der Waals surface area contributed by atoms with Crippen LogP contribution in [0.2, 0.25) is 0 Å². The van der Waals surface area contributed by atoms with Gasteiger partial charge in [0.15, 0.2) is 0 Å². The van der Waals surface area contributed by atoms with Crippen molar-refractivity contribution in [2.75, 3.05) is 24.7 Å². The summed E-state index contributed by atoms with van der Waals surface area (Å²) in [4.78, 5) is 23.6. The summed E-state index contributed by atoms with van der Waals surface area (Å²) in [6.07, 6.45) is -0.498. The molecule has 2 unspecified atom stereocenters. The van der Waals surface area contributed by atoms with E-state index in [0.717, 1.165) is 0 Å². The fourth-order valence-corrected chi connectivity index (χ4v) is 2.39. The fourth-order valence-electron chi connectivity index (χ4n) is 2.39. The Kier molecular flexibility index (Phi) is 4.39. The van der Waals surface area contributed by atoms with Crippen molar-refractivity contribution in [3.63, 3.8) is 0 Å².